The van der Waals surface area contributed by atoms with Gasteiger partial charge < -0.3 is 25.2 Å². The van der Waals surface area contributed by atoms with Crippen LogP contribution in [0, 0.1) is 5.21 Å². The summed E-state index contributed by atoms with van der Waals surface area (Å²) in [4.78, 5) is 6.85. The molecular formula is C16H22N5O3-. The average molecular weight is 332 g/mol. The summed E-state index contributed by atoms with van der Waals surface area (Å²) in [6.45, 7) is 5.95. The van der Waals surface area contributed by atoms with Gasteiger partial charge in [-0.2, -0.15) is 0 Å². The molecule has 0 saturated carbocycles. The summed E-state index contributed by atoms with van der Waals surface area (Å²) in [5.74, 6) is 1.29. The molecule has 8 heteroatoms. The Kier molecular flexibility index (Phi) is 4.42. The number of nitrogens with one attached hydrogen (secondary N) is 2. The molecule has 1 aromatic rings. The smallest absolute Gasteiger partial charge is 0.214 e. The minimum Gasteiger partial charge on any atom is -0.739 e. The van der Waals surface area contributed by atoms with E-state index in [-0.39, 0.29) is 0 Å². The Balaban J connectivity index is 1.35. The Hall–Kier alpha value is -2.03. The third-order valence-electron chi connectivity index (χ3n) is 4.49. The third kappa shape index (κ3) is 3.26. The van der Waals surface area contributed by atoms with E-state index in [2.05, 4.69) is 20.6 Å². The molecule has 3 aliphatic heterocycles. The highest BCUT2D eigenvalue weighted by Gasteiger charge is 2.21. The van der Waals surface area contributed by atoms with Crippen LogP contribution in [0.25, 0.3) is 0 Å². The van der Waals surface area contributed by atoms with Crippen LogP contribution >= 0.6 is 0 Å². The second-order valence-corrected chi connectivity index (χ2v) is 6.14. The standard InChI is InChI=1S/C16H22N5O3/c22-21-14-11-15-12(2-7-24-15)10-13(14)18-16(19-21)17-3-1-4-20-5-8-23-9-6-20/h10-11H,1-9H2,(H2,17,18,19)/q-1. The topological polar surface area (TPSA) is 84.4 Å². The Bertz CT molecular complexity index is 630. The fourth-order valence-electron chi connectivity index (χ4n) is 3.18. The molecular weight excluding hydrogens is 310 g/mol. The van der Waals surface area contributed by atoms with Gasteiger partial charge in [-0.05, 0) is 18.1 Å². The largest absolute Gasteiger partial charge is 0.739 e. The van der Waals surface area contributed by atoms with Gasteiger partial charge in [0.25, 0.3) is 0 Å². The predicted octanol–water partition coefficient (Wildman–Crippen LogP) is 0.934. The van der Waals surface area contributed by atoms with Crippen molar-refractivity contribution in [1.82, 2.24) is 10.3 Å². The molecule has 4 rings (SSSR count). The number of nitrogens with zero attached hydrogens (tertiary/aromatic N) is 3. The monoisotopic (exact) mass is 332 g/mol. The quantitative estimate of drug-likeness (QED) is 0.794. The lowest BCUT2D eigenvalue weighted by Gasteiger charge is -2.38. The van der Waals surface area contributed by atoms with Crippen molar-refractivity contribution in [2.75, 3.05) is 56.5 Å². The van der Waals surface area contributed by atoms with E-state index in [1.54, 1.807) is 6.07 Å². The molecule has 2 N–H and O–H groups in total. The van der Waals surface area contributed by atoms with Crippen LogP contribution < -0.4 is 20.7 Å². The second-order valence-electron chi connectivity index (χ2n) is 6.14. The fraction of sp³-hybridized carbons (Fsp3) is 0.562. The molecule has 130 valence electrons. The van der Waals surface area contributed by atoms with E-state index < -0.39 is 0 Å². The van der Waals surface area contributed by atoms with Crippen molar-refractivity contribution in [2.24, 2.45) is 4.99 Å². The van der Waals surface area contributed by atoms with Gasteiger partial charge in [0, 0.05) is 38.7 Å². The molecule has 0 unspecified atom stereocenters. The van der Waals surface area contributed by atoms with Crippen LogP contribution in [0.3, 0.4) is 0 Å². The molecule has 0 amide bonds. The lowest BCUT2D eigenvalue weighted by Crippen LogP contribution is -2.46. The number of morpholine rings is 1. The molecule has 0 aromatic heterocycles. The molecule has 3 aliphatic rings. The molecule has 0 aliphatic carbocycles. The van der Waals surface area contributed by atoms with E-state index >= 15 is 0 Å². The van der Waals surface area contributed by atoms with E-state index in [9.17, 15) is 5.21 Å². The maximum absolute atomic E-state index is 12.2. The summed E-state index contributed by atoms with van der Waals surface area (Å²) < 4.78 is 10.9. The SMILES string of the molecule is [O-]N1NC(=NCCCN2CCOCC2)Nc2cc3c(cc21)OCC3. The minimum atomic E-state index is 0.498. The van der Waals surface area contributed by atoms with E-state index in [0.717, 1.165) is 67.9 Å². The number of aliphatic imine (C=N–C) groups is 1. The Morgan fingerprint density at radius 1 is 1.21 bits per heavy atom. The van der Waals surface area contributed by atoms with Gasteiger partial charge in [0.05, 0.1) is 31.2 Å². The highest BCUT2D eigenvalue weighted by Crippen LogP contribution is 2.37. The summed E-state index contributed by atoms with van der Waals surface area (Å²) in [6.07, 6.45) is 1.83. The summed E-state index contributed by atoms with van der Waals surface area (Å²) in [6, 6.07) is 3.76. The van der Waals surface area contributed by atoms with Gasteiger partial charge in [0.2, 0.25) is 5.96 Å². The number of hydrazine groups is 1. The van der Waals surface area contributed by atoms with Crippen LogP contribution in [0.4, 0.5) is 11.4 Å². The van der Waals surface area contributed by atoms with Crippen LogP contribution in [-0.2, 0) is 11.2 Å². The number of hydrogen-bond acceptors (Lipinski definition) is 6. The Labute approximate surface area is 141 Å². The Morgan fingerprint density at radius 3 is 2.96 bits per heavy atom. The number of guanidine groups is 1. The van der Waals surface area contributed by atoms with Gasteiger partial charge in [-0.3, -0.25) is 15.3 Å². The first-order valence-electron chi connectivity index (χ1n) is 8.45. The van der Waals surface area contributed by atoms with Gasteiger partial charge in [0.1, 0.15) is 5.75 Å². The maximum Gasteiger partial charge on any atom is 0.214 e. The Morgan fingerprint density at radius 2 is 2.08 bits per heavy atom. The van der Waals surface area contributed by atoms with Crippen molar-refractivity contribution < 1.29 is 9.47 Å². The first-order chi connectivity index (χ1) is 11.8. The predicted molar refractivity (Wildman–Crippen MR) is 92.4 cm³/mol. The average Bonchev–Trinajstić information content (AvgIpc) is 3.05. The van der Waals surface area contributed by atoms with E-state index in [1.165, 1.54) is 0 Å². The van der Waals surface area contributed by atoms with Gasteiger partial charge in [-0.15, -0.1) is 0 Å². The van der Waals surface area contributed by atoms with Crippen LogP contribution in [0.1, 0.15) is 12.0 Å². The van der Waals surface area contributed by atoms with Crippen molar-refractivity contribution in [3.63, 3.8) is 0 Å². The zero-order valence-electron chi connectivity index (χ0n) is 13.6. The highest BCUT2D eigenvalue weighted by atomic mass is 16.5. The van der Waals surface area contributed by atoms with Gasteiger partial charge in [-0.1, -0.05) is 0 Å². The number of hydrogen-bond donors (Lipinski definition) is 2. The normalized spacial score (nSPS) is 21.7. The minimum absolute atomic E-state index is 0.498. The van der Waals surface area contributed by atoms with E-state index in [0.29, 0.717) is 24.8 Å². The molecule has 24 heavy (non-hydrogen) atoms. The van der Waals surface area contributed by atoms with Crippen molar-refractivity contribution in [3.8, 4) is 5.75 Å². The molecule has 3 heterocycles. The molecule has 0 spiro atoms. The first kappa shape index (κ1) is 15.5. The maximum atomic E-state index is 12.2. The summed E-state index contributed by atoms with van der Waals surface area (Å²) in [5, 5.41) is 16.1. The van der Waals surface area contributed by atoms with E-state index in [4.69, 9.17) is 9.47 Å². The first-order valence-corrected chi connectivity index (χ1v) is 8.45. The molecule has 1 saturated heterocycles. The van der Waals surface area contributed by atoms with Crippen molar-refractivity contribution in [2.45, 2.75) is 12.8 Å². The fourth-order valence-corrected chi connectivity index (χ4v) is 3.18. The summed E-state index contributed by atoms with van der Waals surface area (Å²) in [7, 11) is 0. The number of fused-ring (bicyclic) bond motifs is 2. The molecule has 0 atom stereocenters. The summed E-state index contributed by atoms with van der Waals surface area (Å²) >= 11 is 0. The lowest BCUT2D eigenvalue weighted by atomic mass is 10.1. The molecule has 1 fully saturated rings. The number of rotatable bonds is 4. The zero-order chi connectivity index (χ0) is 16.4. The van der Waals surface area contributed by atoms with Crippen LogP contribution in [-0.4, -0.2) is 56.9 Å². The molecule has 0 bridgehead atoms. The van der Waals surface area contributed by atoms with Crippen molar-refractivity contribution in [1.29, 1.82) is 0 Å². The molecule has 1 aromatic carbocycles. The van der Waals surface area contributed by atoms with Crippen molar-refractivity contribution in [3.05, 3.63) is 22.9 Å². The zero-order valence-corrected chi connectivity index (χ0v) is 13.6. The number of ether oxygens (including phenoxy) is 2. The molecule has 0 radical (unpaired) electrons. The third-order valence-corrected chi connectivity index (χ3v) is 4.49. The highest BCUT2D eigenvalue weighted by molar-refractivity contribution is 6.01. The summed E-state index contributed by atoms with van der Waals surface area (Å²) in [5.41, 5.74) is 5.17. The van der Waals surface area contributed by atoms with Crippen molar-refractivity contribution >= 4 is 17.3 Å². The van der Waals surface area contributed by atoms with Crippen LogP contribution in [0.15, 0.2) is 17.1 Å². The number of benzene rings is 1. The van der Waals surface area contributed by atoms with Gasteiger partial charge >= 0.3 is 0 Å². The van der Waals surface area contributed by atoms with Crippen LogP contribution in [0.5, 0.6) is 5.75 Å². The van der Waals surface area contributed by atoms with Gasteiger partial charge in [-0.25, -0.2) is 0 Å². The number of anilines is 2. The lowest BCUT2D eigenvalue weighted by molar-refractivity contribution is 0.0377. The molecule has 8 nitrogen and oxygen atoms in total. The van der Waals surface area contributed by atoms with Crippen LogP contribution in [0.2, 0.25) is 0 Å². The van der Waals surface area contributed by atoms with Gasteiger partial charge in [0.15, 0.2) is 0 Å². The van der Waals surface area contributed by atoms with E-state index in [1.807, 2.05) is 6.07 Å². The second kappa shape index (κ2) is 6.84.